The summed E-state index contributed by atoms with van der Waals surface area (Å²) in [6.45, 7) is 0. The molecule has 0 N–H and O–H groups in total. The van der Waals surface area contributed by atoms with Gasteiger partial charge in [-0.15, -0.1) is 0 Å². The highest BCUT2D eigenvalue weighted by Crippen LogP contribution is 2.39. The number of esters is 2. The molecule has 1 fully saturated rings. The van der Waals surface area contributed by atoms with Gasteiger partial charge in [0.1, 0.15) is 6.10 Å². The molecule has 2 aliphatic carbocycles. The summed E-state index contributed by atoms with van der Waals surface area (Å²) in [5.74, 6) is -1.42. The van der Waals surface area contributed by atoms with E-state index in [9.17, 15) is 14.4 Å². The summed E-state index contributed by atoms with van der Waals surface area (Å²) in [5.41, 5.74) is 1.58. The first kappa shape index (κ1) is 16.4. The van der Waals surface area contributed by atoms with E-state index < -0.39 is 18.0 Å². The molecule has 0 spiro atoms. The SMILES string of the molecule is COC(=O)C1=C(C(=O)OC)[C@H]2C[C@@H](OC)C(=O)CCC2=CC1. The highest BCUT2D eigenvalue weighted by Gasteiger charge is 2.38. The van der Waals surface area contributed by atoms with Crippen molar-refractivity contribution >= 4 is 17.7 Å². The van der Waals surface area contributed by atoms with Crippen molar-refractivity contribution in [2.24, 2.45) is 5.92 Å². The van der Waals surface area contributed by atoms with Crippen LogP contribution < -0.4 is 0 Å². The highest BCUT2D eigenvalue weighted by atomic mass is 16.5. The quantitative estimate of drug-likeness (QED) is 0.578. The Labute approximate surface area is 129 Å². The van der Waals surface area contributed by atoms with Crippen molar-refractivity contribution in [3.05, 3.63) is 22.8 Å². The largest absolute Gasteiger partial charge is 0.466 e. The van der Waals surface area contributed by atoms with E-state index >= 15 is 0 Å². The van der Waals surface area contributed by atoms with Gasteiger partial charge in [0.2, 0.25) is 0 Å². The number of fused-ring (bicyclic) bond motifs is 1. The van der Waals surface area contributed by atoms with Crippen molar-refractivity contribution in [1.82, 2.24) is 0 Å². The smallest absolute Gasteiger partial charge is 0.334 e. The van der Waals surface area contributed by atoms with Crippen LogP contribution >= 0.6 is 0 Å². The topological polar surface area (TPSA) is 78.9 Å². The number of ether oxygens (including phenoxy) is 3. The van der Waals surface area contributed by atoms with Crippen LogP contribution in [0.3, 0.4) is 0 Å². The average Bonchev–Trinajstić information content (AvgIpc) is 2.71. The van der Waals surface area contributed by atoms with Gasteiger partial charge in [-0.3, -0.25) is 4.79 Å². The fourth-order valence-corrected chi connectivity index (χ4v) is 3.12. The van der Waals surface area contributed by atoms with Crippen LogP contribution in [-0.2, 0) is 28.6 Å². The number of allylic oxidation sites excluding steroid dienone is 2. The number of hydrogen-bond acceptors (Lipinski definition) is 6. The normalized spacial score (nSPS) is 25.0. The molecule has 0 amide bonds. The second kappa shape index (κ2) is 6.87. The zero-order chi connectivity index (χ0) is 16.3. The number of rotatable bonds is 3. The van der Waals surface area contributed by atoms with Gasteiger partial charge in [0.05, 0.1) is 25.4 Å². The maximum atomic E-state index is 12.2. The lowest BCUT2D eigenvalue weighted by atomic mass is 9.78. The minimum atomic E-state index is -0.576. The van der Waals surface area contributed by atoms with Crippen molar-refractivity contribution in [1.29, 1.82) is 0 Å². The Bertz CT molecular complexity index is 557. The summed E-state index contributed by atoms with van der Waals surface area (Å²) in [6.07, 6.45) is 2.93. The van der Waals surface area contributed by atoms with Crippen molar-refractivity contribution in [2.45, 2.75) is 31.8 Å². The molecule has 2 aliphatic rings. The van der Waals surface area contributed by atoms with Gasteiger partial charge in [-0.05, 0) is 19.3 Å². The van der Waals surface area contributed by atoms with Crippen LogP contribution in [0.15, 0.2) is 22.8 Å². The number of methoxy groups -OCH3 is 3. The number of hydrogen-bond donors (Lipinski definition) is 0. The summed E-state index contributed by atoms with van der Waals surface area (Å²) in [4.78, 5) is 36.2. The Morgan fingerprint density at radius 2 is 1.77 bits per heavy atom. The third kappa shape index (κ3) is 2.97. The van der Waals surface area contributed by atoms with Gasteiger partial charge >= 0.3 is 11.9 Å². The van der Waals surface area contributed by atoms with E-state index in [1.54, 1.807) is 0 Å². The lowest BCUT2D eigenvalue weighted by molar-refractivity contribution is -0.140. The van der Waals surface area contributed by atoms with Gasteiger partial charge in [0.15, 0.2) is 5.78 Å². The molecular weight excluding hydrogens is 288 g/mol. The molecule has 0 bridgehead atoms. The lowest BCUT2D eigenvalue weighted by Gasteiger charge is -2.27. The second-order valence-electron chi connectivity index (χ2n) is 5.34. The van der Waals surface area contributed by atoms with E-state index in [4.69, 9.17) is 14.2 Å². The Hall–Kier alpha value is -1.95. The van der Waals surface area contributed by atoms with Crippen LogP contribution in [0.4, 0.5) is 0 Å². The molecule has 0 aromatic carbocycles. The molecule has 0 aromatic rings. The highest BCUT2D eigenvalue weighted by molar-refractivity contribution is 6.02. The van der Waals surface area contributed by atoms with Crippen LogP contribution in [0.1, 0.15) is 25.7 Å². The van der Waals surface area contributed by atoms with E-state index in [1.165, 1.54) is 21.3 Å². The molecule has 120 valence electrons. The Balaban J connectivity index is 2.47. The molecule has 2 rings (SSSR count). The lowest BCUT2D eigenvalue weighted by Crippen LogP contribution is -2.29. The van der Waals surface area contributed by atoms with Crippen molar-refractivity contribution in [3.8, 4) is 0 Å². The zero-order valence-electron chi connectivity index (χ0n) is 13.0. The first-order chi connectivity index (χ1) is 10.5. The molecule has 0 aromatic heterocycles. The number of carbonyl (C=O) groups is 3. The Kier molecular flexibility index (Phi) is 5.13. The minimum absolute atomic E-state index is 0.0154. The molecule has 0 radical (unpaired) electrons. The molecule has 6 nitrogen and oxygen atoms in total. The summed E-state index contributed by atoms with van der Waals surface area (Å²) < 4.78 is 14.9. The third-order valence-electron chi connectivity index (χ3n) is 4.28. The second-order valence-corrected chi connectivity index (χ2v) is 5.34. The van der Waals surface area contributed by atoms with Crippen LogP contribution in [0.5, 0.6) is 0 Å². The first-order valence-corrected chi connectivity index (χ1v) is 7.17. The van der Waals surface area contributed by atoms with E-state index in [0.29, 0.717) is 36.8 Å². The van der Waals surface area contributed by atoms with Gasteiger partial charge in [0, 0.05) is 19.4 Å². The van der Waals surface area contributed by atoms with Crippen LogP contribution in [0.25, 0.3) is 0 Å². The molecule has 0 aliphatic heterocycles. The van der Waals surface area contributed by atoms with Crippen LogP contribution in [0, 0.1) is 5.92 Å². The van der Waals surface area contributed by atoms with Gasteiger partial charge in [-0.25, -0.2) is 9.59 Å². The van der Waals surface area contributed by atoms with E-state index in [1.807, 2.05) is 6.08 Å². The summed E-state index contributed by atoms with van der Waals surface area (Å²) in [7, 11) is 4.03. The van der Waals surface area contributed by atoms with Crippen molar-refractivity contribution in [3.63, 3.8) is 0 Å². The van der Waals surface area contributed by atoms with Gasteiger partial charge in [-0.1, -0.05) is 11.6 Å². The monoisotopic (exact) mass is 308 g/mol. The predicted molar refractivity (Wildman–Crippen MR) is 76.9 cm³/mol. The molecular formula is C16H20O6. The van der Waals surface area contributed by atoms with E-state index in [0.717, 1.165) is 5.57 Å². The maximum absolute atomic E-state index is 12.2. The van der Waals surface area contributed by atoms with Gasteiger partial charge in [-0.2, -0.15) is 0 Å². The molecule has 0 unspecified atom stereocenters. The summed E-state index contributed by atoms with van der Waals surface area (Å²) in [5, 5.41) is 0. The third-order valence-corrected chi connectivity index (χ3v) is 4.28. The number of carbonyl (C=O) groups excluding carboxylic acids is 3. The van der Waals surface area contributed by atoms with Crippen LogP contribution in [-0.4, -0.2) is 45.2 Å². The first-order valence-electron chi connectivity index (χ1n) is 7.17. The number of ketones is 1. The molecule has 1 saturated carbocycles. The molecule has 0 heterocycles. The Morgan fingerprint density at radius 1 is 1.09 bits per heavy atom. The predicted octanol–water partition coefficient (Wildman–Crippen LogP) is 1.34. The molecule has 2 atom stereocenters. The van der Waals surface area contributed by atoms with Crippen molar-refractivity contribution in [2.75, 3.05) is 21.3 Å². The molecule has 6 heteroatoms. The fraction of sp³-hybridized carbons (Fsp3) is 0.562. The summed E-state index contributed by atoms with van der Waals surface area (Å²) >= 11 is 0. The summed E-state index contributed by atoms with van der Waals surface area (Å²) in [6, 6.07) is 0. The molecule has 22 heavy (non-hydrogen) atoms. The number of Topliss-reactive ketones (excluding diaryl/α,β-unsaturated/α-hetero) is 1. The Morgan fingerprint density at radius 3 is 2.36 bits per heavy atom. The fourth-order valence-electron chi connectivity index (χ4n) is 3.12. The van der Waals surface area contributed by atoms with Gasteiger partial charge in [0.25, 0.3) is 0 Å². The average molecular weight is 308 g/mol. The van der Waals surface area contributed by atoms with E-state index in [-0.39, 0.29) is 11.7 Å². The molecule has 0 saturated heterocycles. The minimum Gasteiger partial charge on any atom is -0.466 e. The van der Waals surface area contributed by atoms with Crippen molar-refractivity contribution < 1.29 is 28.6 Å². The van der Waals surface area contributed by atoms with Crippen LogP contribution in [0.2, 0.25) is 0 Å². The van der Waals surface area contributed by atoms with E-state index in [2.05, 4.69) is 0 Å². The standard InChI is InChI=1S/C16H20O6/c1-20-13-8-11-9(5-7-12(13)17)4-6-10(15(18)21-2)14(11)16(19)22-3/h4,11,13H,5-8H2,1-3H3/t11-,13+/m0/s1. The maximum Gasteiger partial charge on any atom is 0.334 e. The zero-order valence-corrected chi connectivity index (χ0v) is 13.0. The van der Waals surface area contributed by atoms with Gasteiger partial charge < -0.3 is 14.2 Å².